The summed E-state index contributed by atoms with van der Waals surface area (Å²) in [5.41, 5.74) is 5.86. The molecular weight excluding hydrogens is 709 g/mol. The number of carbonyl (C=O) groups excluding carboxylic acids is 4. The van der Waals surface area contributed by atoms with Crippen LogP contribution in [0.25, 0.3) is 33.6 Å². The van der Waals surface area contributed by atoms with Crippen molar-refractivity contribution in [2.75, 3.05) is 41.3 Å². The minimum atomic E-state index is -0.618. The zero-order valence-corrected chi connectivity index (χ0v) is 33.8. The average Bonchev–Trinajstić information content (AvgIpc) is 4.02. The van der Waals surface area contributed by atoms with Crippen molar-refractivity contribution in [2.45, 2.75) is 77.5 Å². The van der Waals surface area contributed by atoms with E-state index in [0.717, 1.165) is 71.0 Å². The number of rotatable bonds is 11. The standard InChI is InChI=1S/C42H56N10O4/c1-25(2)35(47-41(55)49(5)6)39(53)51-21-9-11-33(51)37-43-23-31(45-37)29-17-13-27(14-18-29)28-15-19-30(20-16-28)32-24-44-38(46-32)34-12-10-22-52(34)40(54)36(26(3)4)48-42(56)50(7)8/h13-20,23-26,33-36H,9-12,21-22H2,1-8H3,(H,43,45)(H,44,46)(H,47,55)(H,48,56)/t33-,34-,35-,36?/m0/s1. The van der Waals surface area contributed by atoms with Crippen LogP contribution in [0.5, 0.6) is 0 Å². The Balaban J connectivity index is 1.10. The molecule has 0 radical (unpaired) electrons. The number of carbonyl (C=O) groups is 4. The van der Waals surface area contributed by atoms with Gasteiger partial charge in [-0.25, -0.2) is 19.6 Å². The second-order valence-electron chi connectivity index (χ2n) is 16.0. The minimum Gasteiger partial charge on any atom is -0.340 e. The van der Waals surface area contributed by atoms with E-state index in [4.69, 9.17) is 9.97 Å². The van der Waals surface area contributed by atoms with Gasteiger partial charge < -0.3 is 40.2 Å². The molecule has 4 N–H and O–H groups in total. The lowest BCUT2D eigenvalue weighted by atomic mass is 10.0. The van der Waals surface area contributed by atoms with Crippen molar-refractivity contribution in [3.8, 4) is 33.6 Å². The number of hydrogen-bond donors (Lipinski definition) is 4. The molecule has 1 unspecified atom stereocenters. The summed E-state index contributed by atoms with van der Waals surface area (Å²) in [7, 11) is 6.66. The Kier molecular flexibility index (Phi) is 12.2. The maximum absolute atomic E-state index is 13.7. The second kappa shape index (κ2) is 17.0. The molecule has 4 aromatic rings. The van der Waals surface area contributed by atoms with Crippen LogP contribution in [-0.4, -0.2) is 117 Å². The van der Waals surface area contributed by atoms with Gasteiger partial charge in [0, 0.05) is 41.3 Å². The first-order valence-corrected chi connectivity index (χ1v) is 19.6. The molecule has 0 saturated carbocycles. The van der Waals surface area contributed by atoms with Crippen LogP contribution in [0.2, 0.25) is 0 Å². The van der Waals surface area contributed by atoms with E-state index in [1.807, 2.05) is 49.9 Å². The molecule has 4 atom stereocenters. The monoisotopic (exact) mass is 764 g/mol. The number of nitrogens with one attached hydrogen (secondary N) is 4. The van der Waals surface area contributed by atoms with Gasteiger partial charge in [-0.1, -0.05) is 76.2 Å². The fraction of sp³-hybridized carbons (Fsp3) is 0.476. The van der Waals surface area contributed by atoms with Gasteiger partial charge in [-0.2, -0.15) is 0 Å². The number of benzene rings is 2. The van der Waals surface area contributed by atoms with Crippen molar-refractivity contribution in [3.05, 3.63) is 72.6 Å². The van der Waals surface area contributed by atoms with E-state index in [9.17, 15) is 19.2 Å². The zero-order valence-electron chi connectivity index (χ0n) is 33.8. The molecule has 0 aliphatic carbocycles. The number of amides is 6. The summed E-state index contributed by atoms with van der Waals surface area (Å²) < 4.78 is 0. The van der Waals surface area contributed by atoms with Crippen molar-refractivity contribution < 1.29 is 19.2 Å². The van der Waals surface area contributed by atoms with E-state index in [2.05, 4.69) is 69.1 Å². The first-order valence-electron chi connectivity index (χ1n) is 19.6. The molecule has 2 aromatic carbocycles. The molecule has 298 valence electrons. The van der Waals surface area contributed by atoms with Gasteiger partial charge in [0.15, 0.2) is 0 Å². The molecule has 56 heavy (non-hydrogen) atoms. The van der Waals surface area contributed by atoms with Gasteiger partial charge in [0.2, 0.25) is 11.8 Å². The molecule has 2 aromatic heterocycles. The highest BCUT2D eigenvalue weighted by Gasteiger charge is 2.39. The van der Waals surface area contributed by atoms with E-state index in [-0.39, 0.29) is 47.8 Å². The van der Waals surface area contributed by atoms with Gasteiger partial charge >= 0.3 is 12.1 Å². The van der Waals surface area contributed by atoms with Gasteiger partial charge in [0.1, 0.15) is 23.7 Å². The summed E-state index contributed by atoms with van der Waals surface area (Å²) in [4.78, 5) is 75.1. The lowest BCUT2D eigenvalue weighted by Gasteiger charge is -2.31. The van der Waals surface area contributed by atoms with Crippen LogP contribution in [0.1, 0.15) is 77.1 Å². The Morgan fingerprint density at radius 2 is 0.946 bits per heavy atom. The number of imidazole rings is 2. The fourth-order valence-electron chi connectivity index (χ4n) is 7.53. The van der Waals surface area contributed by atoms with Gasteiger partial charge in [-0.15, -0.1) is 0 Å². The summed E-state index contributed by atoms with van der Waals surface area (Å²) in [6.45, 7) is 9.01. The molecule has 6 amide bonds. The van der Waals surface area contributed by atoms with Crippen molar-refractivity contribution in [2.24, 2.45) is 11.8 Å². The van der Waals surface area contributed by atoms with E-state index in [1.165, 1.54) is 9.80 Å². The first-order chi connectivity index (χ1) is 26.7. The number of urea groups is 2. The molecule has 0 spiro atoms. The predicted octanol–water partition coefficient (Wildman–Crippen LogP) is 6.05. The van der Waals surface area contributed by atoms with Crippen LogP contribution < -0.4 is 10.6 Å². The van der Waals surface area contributed by atoms with Crippen molar-refractivity contribution in [1.29, 1.82) is 0 Å². The predicted molar refractivity (Wildman–Crippen MR) is 216 cm³/mol. The van der Waals surface area contributed by atoms with E-state index in [0.29, 0.717) is 13.1 Å². The molecule has 2 fully saturated rings. The number of aromatic nitrogens is 4. The lowest BCUT2D eigenvalue weighted by molar-refractivity contribution is -0.136. The van der Waals surface area contributed by atoms with Gasteiger partial charge in [0.05, 0.1) is 35.9 Å². The van der Waals surface area contributed by atoms with Crippen LogP contribution in [0, 0.1) is 11.8 Å². The fourth-order valence-corrected chi connectivity index (χ4v) is 7.53. The van der Waals surface area contributed by atoms with Crippen molar-refractivity contribution >= 4 is 23.9 Å². The lowest BCUT2D eigenvalue weighted by Crippen LogP contribution is -2.53. The third kappa shape index (κ3) is 8.58. The van der Waals surface area contributed by atoms with Crippen LogP contribution in [-0.2, 0) is 9.59 Å². The van der Waals surface area contributed by atoms with Crippen LogP contribution >= 0.6 is 0 Å². The average molecular weight is 765 g/mol. The van der Waals surface area contributed by atoms with Gasteiger partial charge in [-0.05, 0) is 59.8 Å². The summed E-state index contributed by atoms with van der Waals surface area (Å²) in [6.07, 6.45) is 6.97. The number of hydrogen-bond acceptors (Lipinski definition) is 6. The Bertz CT molecular complexity index is 1860. The van der Waals surface area contributed by atoms with Crippen LogP contribution in [0.3, 0.4) is 0 Å². The minimum absolute atomic E-state index is 0.0613. The molecular formula is C42H56N10O4. The maximum atomic E-state index is 13.7. The van der Waals surface area contributed by atoms with E-state index >= 15 is 0 Å². The summed E-state index contributed by atoms with van der Waals surface area (Å²) in [6, 6.07) is 14.4. The molecule has 2 saturated heterocycles. The molecule has 4 heterocycles. The van der Waals surface area contributed by atoms with E-state index in [1.54, 1.807) is 28.2 Å². The number of H-pyrrole nitrogens is 2. The normalized spacial score (nSPS) is 18.0. The molecule has 14 nitrogen and oxygen atoms in total. The SMILES string of the molecule is CC(C)C(NC(=O)N(C)C)C(=O)N1CCC[C@H]1c1ncc(-c2ccc(-c3ccc(-c4cnc([C@@H]5CCCN5C(=O)[C@@H](NC(=O)N(C)C)C(C)C)[nH]4)cc3)cc2)[nH]1. The number of aromatic amines is 2. The van der Waals surface area contributed by atoms with Crippen molar-refractivity contribution in [1.82, 2.24) is 50.2 Å². The first kappa shape index (κ1) is 40.0. The van der Waals surface area contributed by atoms with Gasteiger partial charge in [-0.3, -0.25) is 9.59 Å². The molecule has 0 bridgehead atoms. The molecule has 2 aliphatic heterocycles. The third-order valence-corrected chi connectivity index (χ3v) is 10.9. The number of likely N-dealkylation sites (tertiary alicyclic amines) is 2. The largest absolute Gasteiger partial charge is 0.340 e. The molecule has 2 aliphatic rings. The zero-order chi connectivity index (χ0) is 40.3. The summed E-state index contributed by atoms with van der Waals surface area (Å²) in [5, 5.41) is 5.78. The van der Waals surface area contributed by atoms with E-state index < -0.39 is 12.1 Å². The van der Waals surface area contributed by atoms with Crippen LogP contribution in [0.4, 0.5) is 9.59 Å². The molecule has 6 rings (SSSR count). The Morgan fingerprint density at radius 3 is 1.27 bits per heavy atom. The highest BCUT2D eigenvalue weighted by atomic mass is 16.2. The molecule has 14 heteroatoms. The highest BCUT2D eigenvalue weighted by molar-refractivity contribution is 5.88. The van der Waals surface area contributed by atoms with Crippen LogP contribution in [0.15, 0.2) is 60.9 Å². The Morgan fingerprint density at radius 1 is 0.607 bits per heavy atom. The maximum Gasteiger partial charge on any atom is 0.317 e. The second-order valence-corrected chi connectivity index (χ2v) is 16.0. The summed E-state index contributed by atoms with van der Waals surface area (Å²) in [5.74, 6) is 1.19. The number of nitrogens with zero attached hydrogens (tertiary/aromatic N) is 6. The van der Waals surface area contributed by atoms with Crippen molar-refractivity contribution in [3.63, 3.8) is 0 Å². The van der Waals surface area contributed by atoms with Gasteiger partial charge in [0.25, 0.3) is 0 Å². The highest BCUT2D eigenvalue weighted by Crippen LogP contribution is 2.35. The smallest absolute Gasteiger partial charge is 0.317 e. The summed E-state index contributed by atoms with van der Waals surface area (Å²) >= 11 is 0. The Hall–Kier alpha value is -5.66. The quantitative estimate of drug-likeness (QED) is 0.145. The third-order valence-electron chi connectivity index (χ3n) is 10.9. The topological polar surface area (TPSA) is 163 Å². The Labute approximate surface area is 329 Å².